The Labute approximate surface area is 82.4 Å². The summed E-state index contributed by atoms with van der Waals surface area (Å²) in [6.07, 6.45) is 4.46. The fourth-order valence-electron chi connectivity index (χ4n) is 1.34. The van der Waals surface area contributed by atoms with Crippen molar-refractivity contribution in [1.82, 2.24) is 0 Å². The maximum atomic E-state index is 12.4. The van der Waals surface area contributed by atoms with Crippen molar-refractivity contribution in [2.75, 3.05) is 0 Å². The highest BCUT2D eigenvalue weighted by Gasteiger charge is 2.66. The van der Waals surface area contributed by atoms with E-state index in [2.05, 4.69) is 4.99 Å². The van der Waals surface area contributed by atoms with E-state index in [-0.39, 0.29) is 5.57 Å². The van der Waals surface area contributed by atoms with E-state index in [1.807, 2.05) is 0 Å². The van der Waals surface area contributed by atoms with Gasteiger partial charge >= 0.3 is 10.2 Å². The lowest BCUT2D eigenvalue weighted by atomic mass is 10.0. The molecular weight excluding hydrogens is 237 g/mol. The maximum absolute atomic E-state index is 12.4. The summed E-state index contributed by atoms with van der Waals surface area (Å²) in [7, 11) is -9.54. The number of halogens is 5. The van der Waals surface area contributed by atoms with E-state index in [9.17, 15) is 19.4 Å². The molecule has 0 fully saturated rings. The van der Waals surface area contributed by atoms with Crippen molar-refractivity contribution in [2.24, 2.45) is 4.99 Å². The van der Waals surface area contributed by atoms with Crippen molar-refractivity contribution < 1.29 is 19.4 Å². The van der Waals surface area contributed by atoms with Gasteiger partial charge in [-0.3, -0.25) is 4.99 Å². The summed E-state index contributed by atoms with van der Waals surface area (Å²) in [4.78, 5) is 1.91. The minimum Gasteiger partial charge on any atom is -0.281 e. The lowest BCUT2D eigenvalue weighted by Crippen LogP contribution is -2.13. The number of aliphatic imine (C=N–C) groups is 1. The minimum atomic E-state index is -9.54. The van der Waals surface area contributed by atoms with Crippen LogP contribution in [0.1, 0.15) is 0 Å². The van der Waals surface area contributed by atoms with Crippen LogP contribution in [-0.4, -0.2) is 12.3 Å². The van der Waals surface area contributed by atoms with E-state index in [0.717, 1.165) is 6.08 Å². The van der Waals surface area contributed by atoms with Crippen LogP contribution in [0.2, 0.25) is 0 Å². The summed E-state index contributed by atoms with van der Waals surface area (Å²) in [6, 6.07) is -0.548. The zero-order valence-corrected chi connectivity index (χ0v) is 8.03. The molecule has 1 aliphatic carbocycles. The Kier molecular flexibility index (Phi) is 1.52. The van der Waals surface area contributed by atoms with Gasteiger partial charge in [0.05, 0.1) is 6.04 Å². The van der Waals surface area contributed by atoms with Crippen LogP contribution in [-0.2, 0) is 0 Å². The van der Waals surface area contributed by atoms with Gasteiger partial charge in [0.2, 0.25) is 0 Å². The van der Waals surface area contributed by atoms with Crippen molar-refractivity contribution in [1.29, 1.82) is 0 Å². The predicted molar refractivity (Wildman–Crippen MR) is 50.7 cm³/mol. The van der Waals surface area contributed by atoms with Gasteiger partial charge in [0.25, 0.3) is 0 Å². The van der Waals surface area contributed by atoms with Crippen molar-refractivity contribution in [3.05, 3.63) is 34.8 Å². The van der Waals surface area contributed by atoms with E-state index < -0.39 is 21.2 Å². The van der Waals surface area contributed by atoms with Crippen molar-refractivity contribution in [3.8, 4) is 0 Å². The molecule has 0 aromatic rings. The first-order chi connectivity index (χ1) is 6.56. The molecule has 0 amide bonds. The molecule has 0 spiro atoms. The first kappa shape index (κ1) is 10.4. The minimum absolute atomic E-state index is 0.140. The van der Waals surface area contributed by atoms with Gasteiger partial charge < -0.3 is 0 Å². The lowest BCUT2D eigenvalue weighted by Gasteiger charge is -2.42. The first-order valence-electron chi connectivity index (χ1n) is 3.94. The molecule has 0 saturated heterocycles. The van der Waals surface area contributed by atoms with Gasteiger partial charge in [-0.2, -0.15) is 0 Å². The Balaban J connectivity index is 2.49. The van der Waals surface area contributed by atoms with Gasteiger partial charge in [0.15, 0.2) is 0 Å². The summed E-state index contributed by atoms with van der Waals surface area (Å²) >= 11 is 0. The normalized spacial score (nSPS) is 29.0. The summed E-state index contributed by atoms with van der Waals surface area (Å²) in [6.45, 7) is 0. The van der Waals surface area contributed by atoms with Gasteiger partial charge in [-0.05, 0) is 23.8 Å². The summed E-state index contributed by atoms with van der Waals surface area (Å²) in [5.74, 6) is 0. The van der Waals surface area contributed by atoms with Crippen LogP contribution in [0.4, 0.5) is 19.4 Å². The molecular formula is C8H6F5NS. The standard InChI is InChI=1S/C8H6F5NS/c9-15(10,11,12,13)7-1-2-8-6(5-7)3-4-14-8/h1-5,8H/t8-/m1/s1. The summed E-state index contributed by atoms with van der Waals surface area (Å²) in [5, 5.41) is 0. The Morgan fingerprint density at radius 3 is 2.40 bits per heavy atom. The number of hydrogen-bond donors (Lipinski definition) is 0. The number of allylic oxidation sites excluding steroid dienone is 2. The number of hydrogen-bond acceptors (Lipinski definition) is 1. The van der Waals surface area contributed by atoms with E-state index in [1.165, 1.54) is 12.3 Å². The van der Waals surface area contributed by atoms with E-state index in [0.29, 0.717) is 12.2 Å². The van der Waals surface area contributed by atoms with Crippen LogP contribution in [0.25, 0.3) is 0 Å². The van der Waals surface area contributed by atoms with Gasteiger partial charge in [-0.1, -0.05) is 25.5 Å². The summed E-state index contributed by atoms with van der Waals surface area (Å²) in [5.41, 5.74) is 0.140. The highest BCUT2D eigenvalue weighted by atomic mass is 32.5. The molecule has 1 nitrogen and oxygen atoms in total. The molecule has 2 rings (SSSR count). The van der Waals surface area contributed by atoms with Crippen LogP contribution >= 0.6 is 10.2 Å². The van der Waals surface area contributed by atoms with Crippen LogP contribution in [0, 0.1) is 0 Å². The molecule has 0 N–H and O–H groups in total. The van der Waals surface area contributed by atoms with E-state index >= 15 is 0 Å². The fraction of sp³-hybridized carbons (Fsp3) is 0.125. The zero-order chi connectivity index (χ0) is 11.4. The molecule has 0 aromatic heterocycles. The van der Waals surface area contributed by atoms with Gasteiger partial charge in [0.1, 0.15) is 4.91 Å². The van der Waals surface area contributed by atoms with E-state index in [1.54, 1.807) is 0 Å². The average molecular weight is 243 g/mol. The lowest BCUT2D eigenvalue weighted by molar-refractivity contribution is 0.380. The molecule has 1 heterocycles. The van der Waals surface area contributed by atoms with Crippen LogP contribution in [0.5, 0.6) is 0 Å². The molecule has 0 unspecified atom stereocenters. The Morgan fingerprint density at radius 2 is 1.80 bits per heavy atom. The van der Waals surface area contributed by atoms with Crippen molar-refractivity contribution >= 4 is 16.4 Å². The molecule has 7 heteroatoms. The number of rotatable bonds is 1. The molecule has 0 radical (unpaired) electrons. The maximum Gasteiger partial charge on any atom is 0.310 e. The first-order valence-corrected chi connectivity index (χ1v) is 5.89. The second-order valence-electron chi connectivity index (χ2n) is 3.28. The third kappa shape index (κ3) is 1.97. The van der Waals surface area contributed by atoms with Crippen LogP contribution in [0.15, 0.2) is 39.8 Å². The topological polar surface area (TPSA) is 12.4 Å². The Bertz CT molecular complexity index is 439. The monoisotopic (exact) mass is 243 g/mol. The van der Waals surface area contributed by atoms with Crippen molar-refractivity contribution in [3.63, 3.8) is 0 Å². The zero-order valence-electron chi connectivity index (χ0n) is 7.21. The smallest absolute Gasteiger partial charge is 0.281 e. The second kappa shape index (κ2) is 2.18. The number of fused-ring (bicyclic) bond motifs is 1. The third-order valence-corrected chi connectivity index (χ3v) is 3.20. The van der Waals surface area contributed by atoms with Crippen LogP contribution < -0.4 is 0 Å². The van der Waals surface area contributed by atoms with Gasteiger partial charge in [-0.15, -0.1) is 0 Å². The quantitative estimate of drug-likeness (QED) is 0.614. The SMILES string of the molecule is FS(F)(F)(F)(F)C1=CC2=CC=N[C@@H]2C=C1. The molecule has 1 aliphatic heterocycles. The Morgan fingerprint density at radius 1 is 1.13 bits per heavy atom. The molecule has 0 bridgehead atoms. The highest BCUT2D eigenvalue weighted by Crippen LogP contribution is 3.02. The molecule has 1 atom stereocenters. The third-order valence-electron chi connectivity index (χ3n) is 2.05. The Hall–Kier alpha value is -1.11. The van der Waals surface area contributed by atoms with Crippen molar-refractivity contribution in [2.45, 2.75) is 6.04 Å². The second-order valence-corrected chi connectivity index (χ2v) is 5.69. The number of nitrogens with zero attached hydrogens (tertiary/aromatic N) is 1. The van der Waals surface area contributed by atoms with Gasteiger partial charge in [-0.25, -0.2) is 0 Å². The molecule has 84 valence electrons. The molecule has 15 heavy (non-hydrogen) atoms. The highest BCUT2D eigenvalue weighted by molar-refractivity contribution is 8.48. The largest absolute Gasteiger partial charge is 0.310 e. The van der Waals surface area contributed by atoms with E-state index in [4.69, 9.17) is 0 Å². The fourth-order valence-corrected chi connectivity index (χ4v) is 2.03. The molecule has 0 aromatic carbocycles. The molecule has 2 aliphatic rings. The summed E-state index contributed by atoms with van der Waals surface area (Å²) < 4.78 is 61.9. The van der Waals surface area contributed by atoms with Gasteiger partial charge in [0, 0.05) is 6.21 Å². The average Bonchev–Trinajstić information content (AvgIpc) is 2.45. The predicted octanol–water partition coefficient (Wildman–Crippen LogP) is 4.12. The van der Waals surface area contributed by atoms with Crippen LogP contribution in [0.3, 0.4) is 0 Å². The molecule has 0 saturated carbocycles.